The molecular weight excluding hydrogens is 252 g/mol. The molecule has 0 spiro atoms. The van der Waals surface area contributed by atoms with Gasteiger partial charge in [-0.05, 0) is 24.0 Å². The van der Waals surface area contributed by atoms with Crippen LogP contribution in [0.4, 0.5) is 0 Å². The van der Waals surface area contributed by atoms with Crippen molar-refractivity contribution in [1.82, 2.24) is 0 Å². The summed E-state index contributed by atoms with van der Waals surface area (Å²) in [5, 5.41) is 9.83. The number of aryl methyl sites for hydroxylation is 1. The largest absolute Gasteiger partial charge is 0.464 e. The normalized spacial score (nSPS) is 11.8. The molecule has 2 aromatic rings. The van der Waals surface area contributed by atoms with Crippen LogP contribution in [0.15, 0.2) is 60.7 Å². The lowest BCUT2D eigenvalue weighted by molar-refractivity contribution is -0.154. The Kier molecular flexibility index (Phi) is 5.33. The molecule has 0 radical (unpaired) electrons. The summed E-state index contributed by atoms with van der Waals surface area (Å²) in [4.78, 5) is 11.7. The van der Waals surface area contributed by atoms with Gasteiger partial charge in [-0.3, -0.25) is 0 Å². The highest BCUT2D eigenvalue weighted by molar-refractivity contribution is 5.76. The number of ether oxygens (including phenoxy) is 1. The highest BCUT2D eigenvalue weighted by Gasteiger charge is 2.18. The van der Waals surface area contributed by atoms with Gasteiger partial charge in [0.05, 0.1) is 6.61 Å². The van der Waals surface area contributed by atoms with E-state index in [2.05, 4.69) is 0 Å². The molecule has 20 heavy (non-hydrogen) atoms. The van der Waals surface area contributed by atoms with Crippen LogP contribution in [0.2, 0.25) is 0 Å². The summed E-state index contributed by atoms with van der Waals surface area (Å²) in [5.74, 6) is -0.593. The average Bonchev–Trinajstić information content (AvgIpc) is 2.52. The van der Waals surface area contributed by atoms with Gasteiger partial charge in [0.15, 0.2) is 6.10 Å². The third kappa shape index (κ3) is 4.21. The van der Waals surface area contributed by atoms with Gasteiger partial charge < -0.3 is 9.84 Å². The standard InChI is InChI=1S/C17H18O3/c18-16(15-11-5-2-6-12-15)17(19)20-13-7-10-14-8-3-1-4-9-14/h1-6,8-9,11-12,16,18H,7,10,13H2/t16-/m1/s1. The van der Waals surface area contributed by atoms with Crippen LogP contribution in [-0.4, -0.2) is 17.7 Å². The van der Waals surface area contributed by atoms with E-state index in [4.69, 9.17) is 4.74 Å². The lowest BCUT2D eigenvalue weighted by Gasteiger charge is -2.10. The van der Waals surface area contributed by atoms with Gasteiger partial charge in [0.25, 0.3) is 0 Å². The molecule has 0 amide bonds. The molecule has 0 heterocycles. The maximum absolute atomic E-state index is 11.7. The lowest BCUT2D eigenvalue weighted by atomic mass is 10.1. The predicted octanol–water partition coefficient (Wildman–Crippen LogP) is 2.90. The minimum absolute atomic E-state index is 0.317. The molecule has 2 aromatic carbocycles. The van der Waals surface area contributed by atoms with Gasteiger partial charge in [0, 0.05) is 0 Å². The van der Waals surface area contributed by atoms with Gasteiger partial charge in [0.2, 0.25) is 0 Å². The smallest absolute Gasteiger partial charge is 0.339 e. The summed E-state index contributed by atoms with van der Waals surface area (Å²) in [5.41, 5.74) is 1.77. The Balaban J connectivity index is 1.73. The minimum Gasteiger partial charge on any atom is -0.464 e. The van der Waals surface area contributed by atoms with Crippen LogP contribution in [0.3, 0.4) is 0 Å². The van der Waals surface area contributed by atoms with Gasteiger partial charge in [0.1, 0.15) is 0 Å². The second kappa shape index (κ2) is 7.46. The van der Waals surface area contributed by atoms with Crippen LogP contribution in [0.25, 0.3) is 0 Å². The number of hydrogen-bond acceptors (Lipinski definition) is 3. The zero-order valence-electron chi connectivity index (χ0n) is 11.2. The Hall–Kier alpha value is -2.13. The molecule has 0 bridgehead atoms. The second-order valence-corrected chi connectivity index (χ2v) is 4.57. The summed E-state index contributed by atoms with van der Waals surface area (Å²) < 4.78 is 5.09. The van der Waals surface area contributed by atoms with Crippen molar-refractivity contribution < 1.29 is 14.6 Å². The quantitative estimate of drug-likeness (QED) is 0.648. The number of carbonyl (C=O) groups excluding carboxylic acids is 1. The van der Waals surface area contributed by atoms with Crippen LogP contribution in [0.1, 0.15) is 23.7 Å². The molecule has 0 saturated heterocycles. The number of esters is 1. The first kappa shape index (κ1) is 14.3. The van der Waals surface area contributed by atoms with Crippen molar-refractivity contribution in [2.45, 2.75) is 18.9 Å². The maximum atomic E-state index is 11.7. The number of benzene rings is 2. The Bertz CT molecular complexity index is 522. The SMILES string of the molecule is O=C(OCCCc1ccccc1)[C@H](O)c1ccccc1. The number of aliphatic hydroxyl groups excluding tert-OH is 1. The molecule has 1 atom stereocenters. The van der Waals surface area contributed by atoms with Crippen molar-refractivity contribution in [2.75, 3.05) is 6.61 Å². The highest BCUT2D eigenvalue weighted by Crippen LogP contribution is 2.13. The Morgan fingerprint density at radius 3 is 2.25 bits per heavy atom. The molecular formula is C17H18O3. The molecule has 0 fully saturated rings. The van der Waals surface area contributed by atoms with E-state index in [0.717, 1.165) is 12.8 Å². The van der Waals surface area contributed by atoms with Gasteiger partial charge in [-0.2, -0.15) is 0 Å². The summed E-state index contributed by atoms with van der Waals surface area (Å²) in [6.07, 6.45) is 0.403. The van der Waals surface area contributed by atoms with E-state index in [-0.39, 0.29) is 0 Å². The zero-order chi connectivity index (χ0) is 14.2. The van der Waals surface area contributed by atoms with Crippen molar-refractivity contribution in [3.63, 3.8) is 0 Å². The molecule has 3 nitrogen and oxygen atoms in total. The van der Waals surface area contributed by atoms with Crippen molar-refractivity contribution >= 4 is 5.97 Å². The number of hydrogen-bond donors (Lipinski definition) is 1. The third-order valence-electron chi connectivity index (χ3n) is 3.04. The molecule has 0 aliphatic heterocycles. The summed E-state index contributed by atoms with van der Waals surface area (Å²) in [7, 11) is 0. The Morgan fingerprint density at radius 1 is 1.00 bits per heavy atom. The molecule has 2 rings (SSSR count). The first-order chi connectivity index (χ1) is 9.77. The van der Waals surface area contributed by atoms with E-state index < -0.39 is 12.1 Å². The van der Waals surface area contributed by atoms with Crippen LogP contribution >= 0.6 is 0 Å². The monoisotopic (exact) mass is 270 g/mol. The van der Waals surface area contributed by atoms with Crippen LogP contribution in [0, 0.1) is 0 Å². The molecule has 0 aliphatic rings. The lowest BCUT2D eigenvalue weighted by Crippen LogP contribution is -2.16. The van der Waals surface area contributed by atoms with E-state index in [1.807, 2.05) is 36.4 Å². The fourth-order valence-electron chi connectivity index (χ4n) is 1.94. The molecule has 104 valence electrons. The minimum atomic E-state index is -1.20. The van der Waals surface area contributed by atoms with Crippen LogP contribution in [0.5, 0.6) is 0 Å². The molecule has 0 unspecified atom stereocenters. The topological polar surface area (TPSA) is 46.5 Å². The van der Waals surface area contributed by atoms with E-state index in [1.165, 1.54) is 5.56 Å². The van der Waals surface area contributed by atoms with Crippen LogP contribution in [-0.2, 0) is 16.0 Å². The van der Waals surface area contributed by atoms with Gasteiger partial charge in [-0.1, -0.05) is 60.7 Å². The molecule has 0 aromatic heterocycles. The van der Waals surface area contributed by atoms with Crippen LogP contribution < -0.4 is 0 Å². The van der Waals surface area contributed by atoms with Gasteiger partial charge >= 0.3 is 5.97 Å². The first-order valence-corrected chi connectivity index (χ1v) is 6.71. The highest BCUT2D eigenvalue weighted by atomic mass is 16.5. The predicted molar refractivity (Wildman–Crippen MR) is 77.1 cm³/mol. The third-order valence-corrected chi connectivity index (χ3v) is 3.04. The molecule has 0 saturated carbocycles. The summed E-state index contributed by atoms with van der Waals surface area (Å²) in [6.45, 7) is 0.317. The number of carbonyl (C=O) groups is 1. The number of rotatable bonds is 6. The van der Waals surface area contributed by atoms with Crippen molar-refractivity contribution in [1.29, 1.82) is 0 Å². The van der Waals surface area contributed by atoms with Crippen molar-refractivity contribution in [3.8, 4) is 0 Å². The fraction of sp³-hybridized carbons (Fsp3) is 0.235. The van der Waals surface area contributed by atoms with E-state index in [9.17, 15) is 9.90 Å². The zero-order valence-corrected chi connectivity index (χ0v) is 11.2. The van der Waals surface area contributed by atoms with E-state index in [0.29, 0.717) is 12.2 Å². The molecule has 1 N–H and O–H groups in total. The Labute approximate surface area is 118 Å². The van der Waals surface area contributed by atoms with Crippen molar-refractivity contribution in [2.24, 2.45) is 0 Å². The van der Waals surface area contributed by atoms with Gasteiger partial charge in [-0.15, -0.1) is 0 Å². The summed E-state index contributed by atoms with van der Waals surface area (Å²) in [6, 6.07) is 18.8. The Morgan fingerprint density at radius 2 is 1.60 bits per heavy atom. The van der Waals surface area contributed by atoms with E-state index >= 15 is 0 Å². The second-order valence-electron chi connectivity index (χ2n) is 4.57. The molecule has 0 aliphatic carbocycles. The van der Waals surface area contributed by atoms with Crippen molar-refractivity contribution in [3.05, 3.63) is 71.8 Å². The average molecular weight is 270 g/mol. The summed E-state index contributed by atoms with van der Waals surface area (Å²) >= 11 is 0. The van der Waals surface area contributed by atoms with E-state index in [1.54, 1.807) is 24.3 Å². The number of aliphatic hydroxyl groups is 1. The van der Waals surface area contributed by atoms with Gasteiger partial charge in [-0.25, -0.2) is 4.79 Å². The first-order valence-electron chi connectivity index (χ1n) is 6.71. The fourth-order valence-corrected chi connectivity index (χ4v) is 1.94. The molecule has 3 heteroatoms. The maximum Gasteiger partial charge on any atom is 0.339 e.